The molecule has 3 aliphatic rings. The summed E-state index contributed by atoms with van der Waals surface area (Å²) in [5.41, 5.74) is 12.8. The van der Waals surface area contributed by atoms with Gasteiger partial charge in [0.15, 0.2) is 5.65 Å². The van der Waals surface area contributed by atoms with E-state index in [0.717, 1.165) is 66.5 Å². The number of amides is 1. The Morgan fingerprint density at radius 1 is 0.976 bits per heavy atom. The highest BCUT2D eigenvalue weighted by Gasteiger charge is 2.46. The van der Waals surface area contributed by atoms with Crippen LogP contribution in [0.25, 0.3) is 28.0 Å². The molecule has 0 radical (unpaired) electrons. The van der Waals surface area contributed by atoms with Crippen LogP contribution in [0.15, 0.2) is 55.1 Å². The molecule has 3 N–H and O–H groups in total. The lowest BCUT2D eigenvalue weighted by Gasteiger charge is -2.39. The highest BCUT2D eigenvalue weighted by molar-refractivity contribution is 5.91. The number of nitrogen functional groups attached to an aromatic ring is 1. The number of carbonyl (C=O) groups excluding carboxylic acids is 1. The number of anilines is 1. The maximum atomic E-state index is 13.7. The fourth-order valence-corrected chi connectivity index (χ4v) is 6.89. The number of benzene rings is 1. The number of aromatic amines is 1. The van der Waals surface area contributed by atoms with Gasteiger partial charge in [-0.05, 0) is 62.6 Å². The normalized spacial score (nSPS) is 22.0. The summed E-state index contributed by atoms with van der Waals surface area (Å²) in [7, 11) is 0. The smallest absolute Gasteiger partial charge is 0.291 e. The van der Waals surface area contributed by atoms with E-state index >= 15 is 0 Å². The van der Waals surface area contributed by atoms with Gasteiger partial charge >= 0.3 is 0 Å². The molecule has 6 heterocycles. The van der Waals surface area contributed by atoms with E-state index in [9.17, 15) is 9.18 Å². The average molecular weight is 550 g/mol. The van der Waals surface area contributed by atoms with Crippen LogP contribution in [-0.4, -0.2) is 57.7 Å². The molecule has 1 unspecified atom stereocenters. The molecule has 1 aliphatic carbocycles. The Morgan fingerprint density at radius 2 is 1.80 bits per heavy atom. The number of fused-ring (bicyclic) bond motifs is 3. The zero-order valence-corrected chi connectivity index (χ0v) is 22.2. The summed E-state index contributed by atoms with van der Waals surface area (Å²) in [5.74, 6) is 1.17. The van der Waals surface area contributed by atoms with Crippen LogP contribution in [-0.2, 0) is 0 Å². The Kier molecular flexibility index (Phi) is 5.41. The summed E-state index contributed by atoms with van der Waals surface area (Å²) in [6.45, 7) is 0. The number of halogens is 1. The number of rotatable bonds is 5. The molecule has 8 rings (SSSR count). The summed E-state index contributed by atoms with van der Waals surface area (Å²) in [6.07, 6.45) is 10.8. The van der Waals surface area contributed by atoms with Crippen molar-refractivity contribution in [2.45, 2.75) is 62.4 Å². The highest BCUT2D eigenvalue weighted by Crippen LogP contribution is 2.50. The van der Waals surface area contributed by atoms with Gasteiger partial charge in [0, 0.05) is 46.5 Å². The Balaban J connectivity index is 1.16. The first-order valence-corrected chi connectivity index (χ1v) is 14.1. The average Bonchev–Trinajstić information content (AvgIpc) is 3.37. The minimum Gasteiger partial charge on any atom is -0.383 e. The molecule has 41 heavy (non-hydrogen) atoms. The quantitative estimate of drug-likeness (QED) is 0.324. The van der Waals surface area contributed by atoms with Crippen molar-refractivity contribution in [1.82, 2.24) is 39.7 Å². The number of H-pyrrole nitrogens is 1. The minimum atomic E-state index is -0.295. The lowest BCUT2D eigenvalue weighted by Crippen LogP contribution is -2.46. The van der Waals surface area contributed by atoms with E-state index in [-0.39, 0.29) is 29.7 Å². The van der Waals surface area contributed by atoms with Gasteiger partial charge in [-0.3, -0.25) is 14.9 Å². The fourth-order valence-electron chi connectivity index (χ4n) is 6.89. The Bertz CT molecular complexity index is 1760. The zero-order valence-electron chi connectivity index (χ0n) is 22.2. The van der Waals surface area contributed by atoms with Crippen molar-refractivity contribution < 1.29 is 9.18 Å². The molecule has 5 aromatic rings. The number of pyridine rings is 1. The van der Waals surface area contributed by atoms with Crippen LogP contribution >= 0.6 is 0 Å². The molecule has 4 aromatic heterocycles. The molecule has 11 heteroatoms. The number of piperidine rings is 1. The molecule has 0 spiro atoms. The monoisotopic (exact) mass is 549 g/mol. The number of aromatic nitrogens is 7. The Morgan fingerprint density at radius 3 is 2.49 bits per heavy atom. The first kappa shape index (κ1) is 24.2. The van der Waals surface area contributed by atoms with Crippen molar-refractivity contribution in [3.63, 3.8) is 0 Å². The van der Waals surface area contributed by atoms with Gasteiger partial charge in [0.05, 0.1) is 17.6 Å². The zero-order chi connectivity index (χ0) is 27.7. The maximum Gasteiger partial charge on any atom is 0.291 e. The Hall–Kier alpha value is -4.67. The van der Waals surface area contributed by atoms with E-state index in [4.69, 9.17) is 10.7 Å². The van der Waals surface area contributed by atoms with Crippen molar-refractivity contribution in [2.75, 3.05) is 5.73 Å². The van der Waals surface area contributed by atoms with Gasteiger partial charge in [-0.15, -0.1) is 0 Å². The molecule has 1 amide bonds. The molecule has 3 atom stereocenters. The first-order valence-electron chi connectivity index (χ1n) is 14.1. The molecule has 10 nitrogen and oxygen atoms in total. The van der Waals surface area contributed by atoms with E-state index in [0.29, 0.717) is 28.9 Å². The highest BCUT2D eigenvalue weighted by atomic mass is 19.1. The fraction of sp³-hybridized carbons (Fsp3) is 0.333. The van der Waals surface area contributed by atoms with Gasteiger partial charge in [0.25, 0.3) is 5.91 Å². The topological polar surface area (TPSA) is 131 Å². The molecule has 1 aromatic carbocycles. The van der Waals surface area contributed by atoms with Gasteiger partial charge in [-0.2, -0.15) is 14.7 Å². The number of hydrogen-bond donors (Lipinski definition) is 2. The van der Waals surface area contributed by atoms with Crippen LogP contribution in [0, 0.1) is 5.82 Å². The molecule has 2 bridgehead atoms. The van der Waals surface area contributed by atoms with Crippen LogP contribution in [0.4, 0.5) is 10.2 Å². The van der Waals surface area contributed by atoms with E-state index in [1.54, 1.807) is 23.0 Å². The second kappa shape index (κ2) is 9.18. The SMILES string of the molecule is Nc1c(C2CC2)c(C2C[C@H]3CC[C@@H](C2)N3C(=O)c2ncn[nH]2)nc2c(-c3ccc(-c4cccc(F)c4)nc3)cnn12. The van der Waals surface area contributed by atoms with Gasteiger partial charge in [0.2, 0.25) is 5.82 Å². The molecular formula is C30H28FN9O. The third kappa shape index (κ3) is 3.98. The number of nitrogens with two attached hydrogens (primary N) is 1. The van der Waals surface area contributed by atoms with Gasteiger partial charge in [-0.25, -0.2) is 14.4 Å². The molecule has 206 valence electrons. The number of nitrogens with zero attached hydrogens (tertiary/aromatic N) is 7. The third-order valence-electron chi connectivity index (χ3n) is 8.90. The molecule has 3 fully saturated rings. The van der Waals surface area contributed by atoms with Crippen molar-refractivity contribution in [2.24, 2.45) is 0 Å². The van der Waals surface area contributed by atoms with Gasteiger partial charge in [-0.1, -0.05) is 18.2 Å². The van der Waals surface area contributed by atoms with E-state index < -0.39 is 0 Å². The van der Waals surface area contributed by atoms with Crippen LogP contribution < -0.4 is 5.73 Å². The predicted molar refractivity (Wildman–Crippen MR) is 149 cm³/mol. The van der Waals surface area contributed by atoms with Crippen LogP contribution in [0.2, 0.25) is 0 Å². The van der Waals surface area contributed by atoms with E-state index in [1.165, 1.54) is 18.5 Å². The summed E-state index contributed by atoms with van der Waals surface area (Å²) in [4.78, 5) is 29.2. The first-order chi connectivity index (χ1) is 20.0. The lowest BCUT2D eigenvalue weighted by molar-refractivity contribution is 0.0557. The number of nitrogens with one attached hydrogen (secondary N) is 1. The second-order valence-corrected chi connectivity index (χ2v) is 11.4. The molecular weight excluding hydrogens is 521 g/mol. The molecule has 1 saturated carbocycles. The van der Waals surface area contributed by atoms with Crippen molar-refractivity contribution in [3.8, 4) is 22.4 Å². The predicted octanol–water partition coefficient (Wildman–Crippen LogP) is 4.73. The summed E-state index contributed by atoms with van der Waals surface area (Å²) in [6, 6.07) is 10.5. The van der Waals surface area contributed by atoms with Crippen LogP contribution in [0.5, 0.6) is 0 Å². The van der Waals surface area contributed by atoms with Gasteiger partial charge in [0.1, 0.15) is 18.0 Å². The minimum absolute atomic E-state index is 0.0777. The van der Waals surface area contributed by atoms with E-state index in [2.05, 4.69) is 25.3 Å². The summed E-state index contributed by atoms with van der Waals surface area (Å²) < 4.78 is 15.5. The summed E-state index contributed by atoms with van der Waals surface area (Å²) >= 11 is 0. The second-order valence-electron chi connectivity index (χ2n) is 11.4. The van der Waals surface area contributed by atoms with Crippen molar-refractivity contribution in [1.29, 1.82) is 0 Å². The Labute approximate surface area is 234 Å². The standard InChI is InChI=1S/C30H28FN9O/c31-20-3-1-2-17(10-20)24-9-6-18(13-33-24)23-14-36-40-27(32)25(16-4-5-16)26(37-29(23)40)19-11-21-7-8-22(12-19)39(21)30(41)28-34-15-35-38-28/h1-3,6,9-10,13-16,19,21-22H,4-5,7-8,11-12,32H2,(H,34,35,38)/t19?,21-,22+. The molecule has 2 saturated heterocycles. The van der Waals surface area contributed by atoms with Crippen molar-refractivity contribution >= 4 is 17.4 Å². The van der Waals surface area contributed by atoms with Gasteiger partial charge < -0.3 is 10.6 Å². The number of carbonyl (C=O) groups is 1. The maximum absolute atomic E-state index is 13.7. The largest absolute Gasteiger partial charge is 0.383 e. The molecule has 2 aliphatic heterocycles. The third-order valence-corrected chi connectivity index (χ3v) is 8.90. The summed E-state index contributed by atoms with van der Waals surface area (Å²) in [5, 5.41) is 11.2. The van der Waals surface area contributed by atoms with Crippen molar-refractivity contribution in [3.05, 3.63) is 78.0 Å². The van der Waals surface area contributed by atoms with Crippen LogP contribution in [0.1, 0.15) is 72.2 Å². The lowest BCUT2D eigenvalue weighted by atomic mass is 9.85. The van der Waals surface area contributed by atoms with Crippen LogP contribution in [0.3, 0.4) is 0 Å². The number of hydrogen-bond acceptors (Lipinski definition) is 7. The van der Waals surface area contributed by atoms with E-state index in [1.807, 2.05) is 23.1 Å².